The zero-order valence-electron chi connectivity index (χ0n) is 7.56. The Morgan fingerprint density at radius 3 is 2.79 bits per heavy atom. The summed E-state index contributed by atoms with van der Waals surface area (Å²) >= 11 is 5.90. The summed E-state index contributed by atoms with van der Waals surface area (Å²) in [7, 11) is -1.42. The van der Waals surface area contributed by atoms with Crippen molar-refractivity contribution in [2.24, 2.45) is 0 Å². The summed E-state index contributed by atoms with van der Waals surface area (Å²) in [5.74, 6) is 0. The molecule has 14 heavy (non-hydrogen) atoms. The first kappa shape index (κ1) is 10.0. The molecule has 0 spiro atoms. The van der Waals surface area contributed by atoms with Crippen LogP contribution in [0.2, 0.25) is 0 Å². The minimum Gasteiger partial charge on any atom is -0.423 e. The van der Waals surface area contributed by atoms with Crippen molar-refractivity contribution in [1.29, 1.82) is 0 Å². The lowest BCUT2D eigenvalue weighted by Crippen LogP contribution is -2.32. The molecule has 0 saturated heterocycles. The van der Waals surface area contributed by atoms with Crippen molar-refractivity contribution in [3.8, 4) is 0 Å². The van der Waals surface area contributed by atoms with Gasteiger partial charge in [0.25, 0.3) is 0 Å². The van der Waals surface area contributed by atoms with Crippen LogP contribution < -0.4 is 5.46 Å². The number of thiol groups is 1. The Morgan fingerprint density at radius 1 is 1.43 bits per heavy atom. The van der Waals surface area contributed by atoms with Gasteiger partial charge in [-0.15, -0.1) is 24.0 Å². The van der Waals surface area contributed by atoms with Crippen molar-refractivity contribution in [3.63, 3.8) is 0 Å². The molecule has 0 unspecified atom stereocenters. The highest BCUT2D eigenvalue weighted by Crippen LogP contribution is 2.27. The number of thiophene rings is 1. The summed E-state index contributed by atoms with van der Waals surface area (Å²) in [5.41, 5.74) is 1.44. The summed E-state index contributed by atoms with van der Waals surface area (Å²) in [4.78, 5) is 0.886. The second-order valence-corrected chi connectivity index (χ2v) is 4.56. The number of hydrogen-bond donors (Lipinski definition) is 3. The van der Waals surface area contributed by atoms with E-state index in [9.17, 15) is 10.0 Å². The number of hydrogen-bond acceptors (Lipinski definition) is 4. The molecule has 0 aliphatic heterocycles. The molecule has 0 atom stereocenters. The summed E-state index contributed by atoms with van der Waals surface area (Å²) in [6.45, 7) is 1.85. The second kappa shape index (κ2) is 3.58. The van der Waals surface area contributed by atoms with Gasteiger partial charge in [-0.2, -0.15) is 0 Å². The monoisotopic (exact) mass is 224 g/mol. The predicted molar refractivity (Wildman–Crippen MR) is 63.6 cm³/mol. The number of rotatable bonds is 1. The molecule has 2 rings (SSSR count). The third-order valence-electron chi connectivity index (χ3n) is 2.22. The number of fused-ring (bicyclic) bond motifs is 1. The molecule has 0 amide bonds. The van der Waals surface area contributed by atoms with E-state index in [1.807, 2.05) is 24.4 Å². The maximum atomic E-state index is 9.25. The van der Waals surface area contributed by atoms with Gasteiger partial charge >= 0.3 is 7.12 Å². The summed E-state index contributed by atoms with van der Waals surface area (Å²) in [6, 6.07) is 3.75. The van der Waals surface area contributed by atoms with Crippen LogP contribution in [0.15, 0.2) is 22.4 Å². The predicted octanol–water partition coefficient (Wildman–Crippen LogP) is 1.18. The number of aryl methyl sites for hydroxylation is 1. The second-order valence-electron chi connectivity index (χ2n) is 3.16. The van der Waals surface area contributed by atoms with Crippen LogP contribution in [0.1, 0.15) is 5.56 Å². The average molecular weight is 224 g/mol. The van der Waals surface area contributed by atoms with E-state index in [0.29, 0.717) is 5.46 Å². The Balaban J connectivity index is 2.86. The molecule has 1 aromatic heterocycles. The highest BCUT2D eigenvalue weighted by Gasteiger charge is 2.19. The lowest BCUT2D eigenvalue weighted by Gasteiger charge is -2.07. The lowest BCUT2D eigenvalue weighted by molar-refractivity contribution is 0.426. The SMILES string of the molecule is Cc1cc(S)c2sccc2c1B(O)O. The molecular weight excluding hydrogens is 215 g/mol. The van der Waals surface area contributed by atoms with Crippen molar-refractivity contribution in [1.82, 2.24) is 0 Å². The first-order valence-corrected chi connectivity index (χ1v) is 5.49. The van der Waals surface area contributed by atoms with E-state index in [2.05, 4.69) is 12.6 Å². The molecule has 0 fully saturated rings. The molecule has 2 nitrogen and oxygen atoms in total. The molecule has 5 heteroatoms. The van der Waals surface area contributed by atoms with Crippen molar-refractivity contribution >= 4 is 46.6 Å². The van der Waals surface area contributed by atoms with Crippen molar-refractivity contribution in [2.75, 3.05) is 0 Å². The summed E-state index contributed by atoms with van der Waals surface area (Å²) in [5, 5.41) is 21.3. The average Bonchev–Trinajstić information content (AvgIpc) is 2.51. The van der Waals surface area contributed by atoms with Crippen LogP contribution in [0.4, 0.5) is 0 Å². The van der Waals surface area contributed by atoms with E-state index in [4.69, 9.17) is 0 Å². The summed E-state index contributed by atoms with van der Waals surface area (Å²) < 4.78 is 1.00. The largest absolute Gasteiger partial charge is 0.489 e. The zero-order valence-corrected chi connectivity index (χ0v) is 9.27. The molecule has 2 aromatic rings. The van der Waals surface area contributed by atoms with Gasteiger partial charge in [-0.25, -0.2) is 0 Å². The van der Waals surface area contributed by atoms with Gasteiger partial charge in [0.1, 0.15) is 0 Å². The Labute approximate surface area is 91.8 Å². The van der Waals surface area contributed by atoms with Gasteiger partial charge in [0.15, 0.2) is 0 Å². The normalized spacial score (nSPS) is 10.9. The highest BCUT2D eigenvalue weighted by molar-refractivity contribution is 7.80. The maximum Gasteiger partial charge on any atom is 0.489 e. The smallest absolute Gasteiger partial charge is 0.423 e. The Hall–Kier alpha value is -0.485. The van der Waals surface area contributed by atoms with Crippen LogP contribution in [0.5, 0.6) is 0 Å². The van der Waals surface area contributed by atoms with Gasteiger partial charge in [-0.1, -0.05) is 0 Å². The number of benzene rings is 1. The Kier molecular flexibility index (Phi) is 2.57. The maximum absolute atomic E-state index is 9.25. The third-order valence-corrected chi connectivity index (χ3v) is 3.68. The fourth-order valence-corrected chi connectivity index (χ4v) is 2.92. The fraction of sp³-hybridized carbons (Fsp3) is 0.111. The zero-order chi connectivity index (χ0) is 10.3. The molecule has 1 heterocycles. The van der Waals surface area contributed by atoms with E-state index >= 15 is 0 Å². The van der Waals surface area contributed by atoms with Crippen LogP contribution >= 0.6 is 24.0 Å². The quantitative estimate of drug-likeness (QED) is 0.502. The molecule has 72 valence electrons. The van der Waals surface area contributed by atoms with Gasteiger partial charge in [-0.3, -0.25) is 0 Å². The van der Waals surface area contributed by atoms with Crippen molar-refractivity contribution < 1.29 is 10.0 Å². The third kappa shape index (κ3) is 1.46. The van der Waals surface area contributed by atoms with E-state index in [1.54, 1.807) is 11.3 Å². The van der Waals surface area contributed by atoms with Gasteiger partial charge in [0.2, 0.25) is 0 Å². The standard InChI is InChI=1S/C9H9BO2S2/c1-5-4-7(13)9-6(2-3-14-9)8(5)10(11)12/h2-4,11-13H,1H3. The van der Waals surface area contributed by atoms with Gasteiger partial charge in [0, 0.05) is 9.60 Å². The Bertz CT molecular complexity index is 479. The lowest BCUT2D eigenvalue weighted by atomic mass is 9.75. The molecule has 0 aliphatic carbocycles. The molecule has 0 radical (unpaired) electrons. The first-order chi connectivity index (χ1) is 6.61. The molecular formula is C9H9BO2S2. The fourth-order valence-electron chi connectivity index (χ4n) is 1.62. The molecule has 0 bridgehead atoms. The topological polar surface area (TPSA) is 40.5 Å². The van der Waals surface area contributed by atoms with E-state index in [0.717, 1.165) is 20.5 Å². The van der Waals surface area contributed by atoms with Crippen LogP contribution in [-0.2, 0) is 0 Å². The molecule has 0 saturated carbocycles. The highest BCUT2D eigenvalue weighted by atomic mass is 32.1. The molecule has 2 N–H and O–H groups in total. The van der Waals surface area contributed by atoms with Crippen LogP contribution in [0, 0.1) is 6.92 Å². The van der Waals surface area contributed by atoms with Crippen molar-refractivity contribution in [3.05, 3.63) is 23.1 Å². The van der Waals surface area contributed by atoms with E-state index in [-0.39, 0.29) is 0 Å². The summed E-state index contributed by atoms with van der Waals surface area (Å²) in [6.07, 6.45) is 0. The van der Waals surface area contributed by atoms with Crippen LogP contribution in [0.25, 0.3) is 10.1 Å². The first-order valence-electron chi connectivity index (χ1n) is 4.17. The minimum atomic E-state index is -1.42. The van der Waals surface area contributed by atoms with E-state index in [1.165, 1.54) is 0 Å². The van der Waals surface area contributed by atoms with Gasteiger partial charge < -0.3 is 10.0 Å². The van der Waals surface area contributed by atoms with Gasteiger partial charge in [-0.05, 0) is 40.8 Å². The molecule has 1 aromatic carbocycles. The van der Waals surface area contributed by atoms with Crippen LogP contribution in [0.3, 0.4) is 0 Å². The molecule has 0 aliphatic rings. The van der Waals surface area contributed by atoms with Gasteiger partial charge in [0.05, 0.1) is 0 Å². The minimum absolute atomic E-state index is 0.582. The van der Waals surface area contributed by atoms with E-state index < -0.39 is 7.12 Å². The Morgan fingerprint density at radius 2 is 2.14 bits per heavy atom. The van der Waals surface area contributed by atoms with Crippen molar-refractivity contribution in [2.45, 2.75) is 11.8 Å². The van der Waals surface area contributed by atoms with Crippen LogP contribution in [-0.4, -0.2) is 17.2 Å².